The number of rotatable bonds is 7. The summed E-state index contributed by atoms with van der Waals surface area (Å²) < 4.78 is 0. The molecule has 8 heteroatoms. The van der Waals surface area contributed by atoms with Gasteiger partial charge in [0.2, 0.25) is 5.92 Å². The smallest absolute Gasteiger partial charge is 0.302 e. The van der Waals surface area contributed by atoms with E-state index < -0.39 is 5.92 Å². The maximum Gasteiger partial charge on any atom is 0.313 e. The number of aldehydes is 1. The number of hydrogen-bond donors (Lipinski definition) is 0. The van der Waals surface area contributed by atoms with Crippen LogP contribution in [0.15, 0.2) is 0 Å². The molecular weight excluding hydrogens is 405 g/mol. The summed E-state index contributed by atoms with van der Waals surface area (Å²) in [5, 5.41) is 0. The van der Waals surface area contributed by atoms with Crippen molar-refractivity contribution in [3.63, 3.8) is 0 Å². The molecule has 0 spiro atoms. The maximum atomic E-state index is 10.0. The van der Waals surface area contributed by atoms with Crippen molar-refractivity contribution >= 4 is 41.0 Å². The van der Waals surface area contributed by atoms with E-state index in [2.05, 4.69) is 0 Å². The Bertz CT molecular complexity index is 417. The van der Waals surface area contributed by atoms with Crippen LogP contribution < -0.4 is 0 Å². The van der Waals surface area contributed by atoms with Gasteiger partial charge in [0.15, 0.2) is 12.8 Å². The molecule has 0 fully saturated rings. The van der Waals surface area contributed by atoms with Crippen LogP contribution in [0.5, 0.6) is 0 Å². The van der Waals surface area contributed by atoms with E-state index in [0.29, 0.717) is 19.1 Å². The van der Waals surface area contributed by atoms with Crippen LogP contribution in [0.4, 0.5) is 0 Å². The zero-order chi connectivity index (χ0) is 19.2. The van der Waals surface area contributed by atoms with E-state index in [1.807, 2.05) is 0 Å². The average Bonchev–Trinajstić information content (AvgIpc) is 2.25. The quantitative estimate of drug-likeness (QED) is 0.249. The van der Waals surface area contributed by atoms with Gasteiger partial charge < -0.3 is 4.79 Å². The van der Waals surface area contributed by atoms with Crippen LogP contribution in [0.3, 0.4) is 0 Å². The van der Waals surface area contributed by atoms with Crippen LogP contribution in [0.2, 0.25) is 0 Å². The fourth-order valence-corrected chi connectivity index (χ4v) is 1.24. The van der Waals surface area contributed by atoms with Gasteiger partial charge in [-0.3, -0.25) is 28.8 Å². The molecule has 24 heavy (non-hydrogen) atoms. The molecule has 0 radical (unpaired) electrons. The summed E-state index contributed by atoms with van der Waals surface area (Å²) in [7, 11) is 0. The number of ketones is 6. The molecular formula is C16H30O7Ru+6. The number of hydrogen-bond acceptors (Lipinski definition) is 1. The summed E-state index contributed by atoms with van der Waals surface area (Å²) in [4.78, 5) is 61.2. The van der Waals surface area contributed by atoms with E-state index in [4.69, 9.17) is 28.8 Å². The Kier molecular flexibility index (Phi) is 22.2. The van der Waals surface area contributed by atoms with Crippen molar-refractivity contribution in [2.75, 3.05) is 0 Å². The van der Waals surface area contributed by atoms with Crippen LogP contribution in [-0.4, -0.2) is 69.8 Å². The third-order valence-electron chi connectivity index (χ3n) is 2.06. The molecule has 0 saturated heterocycles. The van der Waals surface area contributed by atoms with Crippen LogP contribution in [-0.2, 0) is 24.3 Å². The second-order valence-electron chi connectivity index (χ2n) is 5.19. The minimum atomic E-state index is -0.815. The second kappa shape index (κ2) is 17.7. The van der Waals surface area contributed by atoms with E-state index in [9.17, 15) is 4.79 Å². The number of carbonyl (C=O) groups is 1. The second-order valence-corrected chi connectivity index (χ2v) is 5.19. The van der Waals surface area contributed by atoms with Crippen molar-refractivity contribution in [3.05, 3.63) is 0 Å². The standard InChI is InChI=1S/C6H8O3.2C5H8O2.Ru/c1-4(8)6(3-7)5(2)9;2*1-4(6)3-5(2)7;/h3,6H,1-2H3;2*3H2,1-2H3;/p+6. The fourth-order valence-electron chi connectivity index (χ4n) is 1.24. The van der Waals surface area contributed by atoms with Crippen molar-refractivity contribution in [2.24, 2.45) is 5.92 Å². The summed E-state index contributed by atoms with van der Waals surface area (Å²) >= 11 is 0. The van der Waals surface area contributed by atoms with Gasteiger partial charge in [-0.1, -0.05) is 0 Å². The van der Waals surface area contributed by atoms with Crippen LogP contribution in [0.1, 0.15) is 54.4 Å². The summed E-state index contributed by atoms with van der Waals surface area (Å²) in [6.07, 6.45) is 1.10. The Labute approximate surface area is 154 Å². The molecule has 0 saturated carbocycles. The van der Waals surface area contributed by atoms with Gasteiger partial charge in [0, 0.05) is 61.0 Å². The van der Waals surface area contributed by atoms with E-state index in [1.54, 1.807) is 27.7 Å². The minimum Gasteiger partial charge on any atom is -0.302 e. The Hall–Kier alpha value is -1.69. The molecule has 0 unspecified atom stereocenters. The summed E-state index contributed by atoms with van der Waals surface area (Å²) in [6, 6.07) is 0. The Morgan fingerprint density at radius 2 is 0.875 bits per heavy atom. The normalized spacial score (nSPS) is 9.42. The molecule has 0 rings (SSSR count). The van der Waals surface area contributed by atoms with Crippen molar-refractivity contribution in [1.29, 1.82) is 0 Å². The van der Waals surface area contributed by atoms with Gasteiger partial charge in [-0.25, -0.2) is 0 Å². The molecule has 0 aliphatic heterocycles. The van der Waals surface area contributed by atoms with Gasteiger partial charge in [-0.05, 0) is 0 Å². The topological polar surface area (TPSA) is 145 Å². The molecule has 7 nitrogen and oxygen atoms in total. The summed E-state index contributed by atoms with van der Waals surface area (Å²) in [5.41, 5.74) is 0. The first-order valence-corrected chi connectivity index (χ1v) is 6.90. The molecule has 0 amide bonds. The van der Waals surface area contributed by atoms with Crippen molar-refractivity contribution < 1.29 is 53.0 Å². The Morgan fingerprint density at radius 1 is 0.667 bits per heavy atom. The molecule has 0 aromatic rings. The fraction of sp³-hybridized carbons (Fsp3) is 0.562. The van der Waals surface area contributed by atoms with Gasteiger partial charge >= 0.3 is 34.7 Å². The Balaban J connectivity index is -0.000000124. The molecule has 0 aliphatic carbocycles. The molecule has 0 aromatic carbocycles. The van der Waals surface area contributed by atoms with Gasteiger partial charge in [0.25, 0.3) is 0 Å². The molecule has 0 heterocycles. The van der Waals surface area contributed by atoms with Crippen molar-refractivity contribution in [1.82, 2.24) is 0 Å². The first-order valence-electron chi connectivity index (χ1n) is 6.90. The van der Waals surface area contributed by atoms with Crippen molar-refractivity contribution in [2.45, 2.75) is 54.4 Å². The number of carbonyl (C=O) groups excluding carboxylic acids is 7. The maximum absolute atomic E-state index is 10.0. The third-order valence-corrected chi connectivity index (χ3v) is 2.06. The molecule has 0 aromatic heterocycles. The summed E-state index contributed by atoms with van der Waals surface area (Å²) in [6.45, 7) is 8.97. The monoisotopic (exact) mass is 436 g/mol. The zero-order valence-electron chi connectivity index (χ0n) is 15.0. The SMILES string of the molecule is CC(=[OH+])C(C=O)C(C)=[OH+].CC(=[OH+])CC(C)=[OH+].CC(=[OH+])CC(C)=[OH+].[Ru]. The molecule has 6 N–H and O–H groups in total. The summed E-state index contributed by atoms with van der Waals surface area (Å²) in [5.74, 6) is 0.0278. The zero-order valence-corrected chi connectivity index (χ0v) is 16.8. The van der Waals surface area contributed by atoms with Crippen LogP contribution in [0.25, 0.3) is 0 Å². The van der Waals surface area contributed by atoms with Gasteiger partial charge in [-0.15, -0.1) is 0 Å². The van der Waals surface area contributed by atoms with Gasteiger partial charge in [-0.2, -0.15) is 0 Å². The predicted molar refractivity (Wildman–Crippen MR) is 94.5 cm³/mol. The predicted octanol–water partition coefficient (Wildman–Crippen LogP) is 0.941. The minimum absolute atomic E-state index is 0. The molecule has 0 bridgehead atoms. The van der Waals surface area contributed by atoms with Gasteiger partial charge in [0.1, 0.15) is 6.29 Å². The first-order chi connectivity index (χ1) is 10.3. The van der Waals surface area contributed by atoms with Gasteiger partial charge in [0.05, 0.1) is 0 Å². The molecule has 138 valence electrons. The van der Waals surface area contributed by atoms with Crippen molar-refractivity contribution in [3.8, 4) is 0 Å². The molecule has 0 aliphatic rings. The van der Waals surface area contributed by atoms with Crippen LogP contribution in [0, 0.1) is 5.92 Å². The van der Waals surface area contributed by atoms with E-state index >= 15 is 0 Å². The van der Waals surface area contributed by atoms with E-state index in [-0.39, 0.29) is 54.2 Å². The van der Waals surface area contributed by atoms with Crippen LogP contribution >= 0.6 is 0 Å². The Morgan fingerprint density at radius 3 is 0.875 bits per heavy atom. The largest absolute Gasteiger partial charge is 0.313 e. The average molecular weight is 435 g/mol. The van der Waals surface area contributed by atoms with E-state index in [1.165, 1.54) is 13.8 Å². The van der Waals surface area contributed by atoms with E-state index in [0.717, 1.165) is 0 Å². The molecule has 0 atom stereocenters. The first kappa shape index (κ1) is 30.2. The third kappa shape index (κ3) is 28.5.